The predicted octanol–water partition coefficient (Wildman–Crippen LogP) is 4.68. The molecule has 0 unspecified atom stereocenters. The van der Waals surface area contributed by atoms with Gasteiger partial charge in [-0.25, -0.2) is 0 Å². The number of carbonyl (C=O) groups excluding carboxylic acids is 1. The van der Waals surface area contributed by atoms with E-state index in [1.54, 1.807) is 13.0 Å². The first-order valence-electron chi connectivity index (χ1n) is 6.62. The number of Topliss-reactive ketones (excluding diaryl/α,β-unsaturated/α-hetero) is 1. The maximum Gasteiger partial charge on any atom is 0.160 e. The van der Waals surface area contributed by atoms with Crippen LogP contribution in [-0.4, -0.2) is 5.78 Å². The van der Waals surface area contributed by atoms with Crippen LogP contribution < -0.4 is 4.74 Å². The van der Waals surface area contributed by atoms with Crippen LogP contribution >= 0.6 is 11.6 Å². The number of benzene rings is 2. The van der Waals surface area contributed by atoms with E-state index < -0.39 is 0 Å². The van der Waals surface area contributed by atoms with Gasteiger partial charge in [0.05, 0.1) is 5.02 Å². The van der Waals surface area contributed by atoms with Crippen molar-refractivity contribution in [1.29, 1.82) is 0 Å². The summed E-state index contributed by atoms with van der Waals surface area (Å²) in [5.41, 5.74) is 2.71. The van der Waals surface area contributed by atoms with Gasteiger partial charge in [-0.1, -0.05) is 48.9 Å². The summed E-state index contributed by atoms with van der Waals surface area (Å²) >= 11 is 6.19. The van der Waals surface area contributed by atoms with Gasteiger partial charge in [0, 0.05) is 5.56 Å². The fraction of sp³-hybridized carbons (Fsp3) is 0.235. The fourth-order valence-corrected chi connectivity index (χ4v) is 2.28. The number of aryl methyl sites for hydroxylation is 1. The first-order chi connectivity index (χ1) is 9.61. The SMILES string of the molecule is CCc1cc(OCc2ccccc2)c(Cl)cc1C(C)=O. The molecule has 0 aliphatic heterocycles. The molecule has 2 nitrogen and oxygen atoms in total. The van der Waals surface area contributed by atoms with Gasteiger partial charge in [0.2, 0.25) is 0 Å². The van der Waals surface area contributed by atoms with Crippen molar-refractivity contribution >= 4 is 17.4 Å². The number of hydrogen-bond donors (Lipinski definition) is 0. The van der Waals surface area contributed by atoms with Crippen LogP contribution in [0.25, 0.3) is 0 Å². The van der Waals surface area contributed by atoms with Crippen LogP contribution in [0.3, 0.4) is 0 Å². The van der Waals surface area contributed by atoms with Crippen LogP contribution in [0.5, 0.6) is 5.75 Å². The number of rotatable bonds is 5. The van der Waals surface area contributed by atoms with Gasteiger partial charge >= 0.3 is 0 Å². The lowest BCUT2D eigenvalue weighted by Gasteiger charge is -2.12. The molecular weight excluding hydrogens is 272 g/mol. The summed E-state index contributed by atoms with van der Waals surface area (Å²) in [6.45, 7) is 4.02. The van der Waals surface area contributed by atoms with Gasteiger partial charge in [0.15, 0.2) is 5.78 Å². The van der Waals surface area contributed by atoms with E-state index in [2.05, 4.69) is 0 Å². The van der Waals surface area contributed by atoms with Crippen molar-refractivity contribution in [1.82, 2.24) is 0 Å². The van der Waals surface area contributed by atoms with Gasteiger partial charge in [-0.15, -0.1) is 0 Å². The third-order valence-electron chi connectivity index (χ3n) is 3.16. The van der Waals surface area contributed by atoms with E-state index >= 15 is 0 Å². The van der Waals surface area contributed by atoms with Gasteiger partial charge in [-0.2, -0.15) is 0 Å². The minimum absolute atomic E-state index is 0.0263. The average Bonchev–Trinajstić information content (AvgIpc) is 2.46. The second-order valence-corrected chi connectivity index (χ2v) is 5.03. The van der Waals surface area contributed by atoms with E-state index in [4.69, 9.17) is 16.3 Å². The molecule has 104 valence electrons. The number of carbonyl (C=O) groups is 1. The Bertz CT molecular complexity index is 606. The standard InChI is InChI=1S/C17H17ClO2/c1-3-14-9-17(16(18)10-15(14)12(2)19)20-11-13-7-5-4-6-8-13/h4-10H,3,11H2,1-2H3. The molecule has 2 aromatic rings. The van der Waals surface area contributed by atoms with Gasteiger partial charge in [-0.05, 0) is 36.6 Å². The maximum atomic E-state index is 11.6. The van der Waals surface area contributed by atoms with Crippen molar-refractivity contribution < 1.29 is 9.53 Å². The Hall–Kier alpha value is -1.80. The van der Waals surface area contributed by atoms with Crippen LogP contribution in [-0.2, 0) is 13.0 Å². The van der Waals surface area contributed by atoms with Gasteiger partial charge < -0.3 is 4.74 Å². The largest absolute Gasteiger partial charge is 0.487 e. The maximum absolute atomic E-state index is 11.6. The zero-order valence-corrected chi connectivity index (χ0v) is 12.4. The summed E-state index contributed by atoms with van der Waals surface area (Å²) in [6, 6.07) is 13.5. The highest BCUT2D eigenvalue weighted by molar-refractivity contribution is 6.32. The predicted molar refractivity (Wildman–Crippen MR) is 81.6 cm³/mol. The lowest BCUT2D eigenvalue weighted by atomic mass is 10.0. The first kappa shape index (κ1) is 14.6. The third-order valence-corrected chi connectivity index (χ3v) is 3.45. The van der Waals surface area contributed by atoms with E-state index in [1.165, 1.54) is 0 Å². The van der Waals surface area contributed by atoms with Crippen LogP contribution in [0, 0.1) is 0 Å². The van der Waals surface area contributed by atoms with Crippen molar-refractivity contribution in [2.45, 2.75) is 26.9 Å². The number of ketones is 1. The highest BCUT2D eigenvalue weighted by Gasteiger charge is 2.12. The van der Waals surface area contributed by atoms with Crippen molar-refractivity contribution in [2.24, 2.45) is 0 Å². The Morgan fingerprint density at radius 1 is 1.20 bits per heavy atom. The fourth-order valence-electron chi connectivity index (χ4n) is 2.06. The average molecular weight is 289 g/mol. The molecule has 2 aromatic carbocycles. The second-order valence-electron chi connectivity index (χ2n) is 4.62. The normalized spacial score (nSPS) is 10.3. The summed E-state index contributed by atoms with van der Waals surface area (Å²) in [5, 5.41) is 0.475. The number of hydrogen-bond acceptors (Lipinski definition) is 2. The summed E-state index contributed by atoms with van der Waals surface area (Å²) in [6.07, 6.45) is 0.772. The van der Waals surface area contributed by atoms with Crippen molar-refractivity contribution in [3.8, 4) is 5.75 Å². The molecule has 2 rings (SSSR count). The molecule has 0 N–H and O–H groups in total. The second kappa shape index (κ2) is 6.58. The van der Waals surface area contributed by atoms with E-state index in [1.807, 2.05) is 43.3 Å². The van der Waals surface area contributed by atoms with E-state index in [-0.39, 0.29) is 5.78 Å². The summed E-state index contributed by atoms with van der Waals surface area (Å²) in [5.74, 6) is 0.649. The molecule has 0 atom stereocenters. The van der Waals surface area contributed by atoms with E-state index in [0.717, 1.165) is 17.5 Å². The van der Waals surface area contributed by atoms with Crippen molar-refractivity contribution in [3.63, 3.8) is 0 Å². The van der Waals surface area contributed by atoms with Gasteiger partial charge in [-0.3, -0.25) is 4.79 Å². The monoisotopic (exact) mass is 288 g/mol. The van der Waals surface area contributed by atoms with Gasteiger partial charge in [0.25, 0.3) is 0 Å². The van der Waals surface area contributed by atoms with E-state index in [9.17, 15) is 4.79 Å². The minimum Gasteiger partial charge on any atom is -0.487 e. The van der Waals surface area contributed by atoms with Crippen molar-refractivity contribution in [3.05, 3.63) is 64.2 Å². The lowest BCUT2D eigenvalue weighted by molar-refractivity contribution is 0.101. The highest BCUT2D eigenvalue weighted by atomic mass is 35.5. The smallest absolute Gasteiger partial charge is 0.160 e. The van der Waals surface area contributed by atoms with Gasteiger partial charge in [0.1, 0.15) is 12.4 Å². The molecule has 0 saturated carbocycles. The van der Waals surface area contributed by atoms with Crippen LogP contribution in [0.1, 0.15) is 35.3 Å². The third kappa shape index (κ3) is 3.40. The molecule has 0 amide bonds. The highest BCUT2D eigenvalue weighted by Crippen LogP contribution is 2.29. The first-order valence-corrected chi connectivity index (χ1v) is 6.99. The molecule has 0 saturated heterocycles. The number of ether oxygens (including phenoxy) is 1. The lowest BCUT2D eigenvalue weighted by Crippen LogP contribution is -2.02. The molecule has 0 aliphatic carbocycles. The number of halogens is 1. The zero-order chi connectivity index (χ0) is 14.5. The molecule has 0 heterocycles. The minimum atomic E-state index is 0.0263. The van der Waals surface area contributed by atoms with Crippen LogP contribution in [0.2, 0.25) is 5.02 Å². The summed E-state index contributed by atoms with van der Waals surface area (Å²) < 4.78 is 5.76. The Labute approximate surface area is 124 Å². The molecular formula is C17H17ClO2. The molecule has 0 radical (unpaired) electrons. The molecule has 3 heteroatoms. The topological polar surface area (TPSA) is 26.3 Å². The quantitative estimate of drug-likeness (QED) is 0.747. The van der Waals surface area contributed by atoms with Crippen molar-refractivity contribution in [2.75, 3.05) is 0 Å². The molecule has 0 bridgehead atoms. The Morgan fingerprint density at radius 3 is 2.50 bits per heavy atom. The zero-order valence-electron chi connectivity index (χ0n) is 11.7. The molecule has 0 aliphatic rings. The molecule has 0 spiro atoms. The molecule has 0 fully saturated rings. The summed E-state index contributed by atoms with van der Waals surface area (Å²) in [4.78, 5) is 11.6. The Balaban J connectivity index is 2.22. The Morgan fingerprint density at radius 2 is 1.90 bits per heavy atom. The van der Waals surface area contributed by atoms with Crippen LogP contribution in [0.15, 0.2) is 42.5 Å². The molecule has 20 heavy (non-hydrogen) atoms. The Kier molecular flexibility index (Phi) is 4.80. The molecule has 0 aromatic heterocycles. The summed E-state index contributed by atoms with van der Waals surface area (Å²) in [7, 11) is 0. The van der Waals surface area contributed by atoms with Crippen LogP contribution in [0.4, 0.5) is 0 Å². The van der Waals surface area contributed by atoms with E-state index in [0.29, 0.717) is 22.9 Å².